The number of nitrogens with zero attached hydrogens (tertiary/aromatic N) is 4. The van der Waals surface area contributed by atoms with Crippen molar-refractivity contribution in [3.63, 3.8) is 0 Å². The molecule has 0 saturated carbocycles. The van der Waals surface area contributed by atoms with Crippen LogP contribution in [0.15, 0.2) is 41.6 Å². The van der Waals surface area contributed by atoms with Crippen molar-refractivity contribution in [3.8, 4) is 5.88 Å². The molecule has 0 bridgehead atoms. The van der Waals surface area contributed by atoms with Crippen molar-refractivity contribution in [1.29, 1.82) is 0 Å². The van der Waals surface area contributed by atoms with Gasteiger partial charge in [0.1, 0.15) is 5.82 Å². The van der Waals surface area contributed by atoms with E-state index < -0.39 is 0 Å². The zero-order valence-corrected chi connectivity index (χ0v) is 18.4. The summed E-state index contributed by atoms with van der Waals surface area (Å²) in [5.41, 5.74) is 1.18. The predicted molar refractivity (Wildman–Crippen MR) is 120 cm³/mol. The van der Waals surface area contributed by atoms with Crippen molar-refractivity contribution in [2.45, 2.75) is 24.3 Å². The van der Waals surface area contributed by atoms with E-state index in [2.05, 4.69) is 42.7 Å². The van der Waals surface area contributed by atoms with Crippen LogP contribution in [-0.2, 0) is 11.3 Å². The summed E-state index contributed by atoms with van der Waals surface area (Å²) in [6.45, 7) is 7.52. The minimum atomic E-state index is 0.658. The van der Waals surface area contributed by atoms with Crippen molar-refractivity contribution in [2.75, 3.05) is 57.9 Å². The van der Waals surface area contributed by atoms with Crippen LogP contribution in [0.1, 0.15) is 18.4 Å². The van der Waals surface area contributed by atoms with Crippen LogP contribution in [0.25, 0.3) is 0 Å². The minimum absolute atomic E-state index is 0.658. The third-order valence-electron chi connectivity index (χ3n) is 5.54. The second-order valence-corrected chi connectivity index (χ2v) is 8.95. The molecule has 2 aromatic heterocycles. The topological polar surface area (TPSA) is 62.8 Å². The van der Waals surface area contributed by atoms with Gasteiger partial charge in [0.25, 0.3) is 0 Å². The van der Waals surface area contributed by atoms with Gasteiger partial charge in [0, 0.05) is 56.1 Å². The number of methoxy groups -OCH3 is 1. The Morgan fingerprint density at radius 3 is 2.77 bits per heavy atom. The van der Waals surface area contributed by atoms with E-state index in [1.807, 2.05) is 30.4 Å². The number of anilines is 1. The second kappa shape index (κ2) is 10.9. The summed E-state index contributed by atoms with van der Waals surface area (Å²) in [6, 6.07) is 8.31. The molecule has 2 aromatic rings. The number of pyridine rings is 2. The highest BCUT2D eigenvalue weighted by Crippen LogP contribution is 2.29. The molecule has 7 nitrogen and oxygen atoms in total. The van der Waals surface area contributed by atoms with E-state index in [0.717, 1.165) is 58.3 Å². The maximum Gasteiger partial charge on any atom is 0.212 e. The molecule has 2 aliphatic heterocycles. The highest BCUT2D eigenvalue weighted by Gasteiger charge is 2.21. The molecule has 4 heterocycles. The van der Waals surface area contributed by atoms with Crippen molar-refractivity contribution >= 4 is 17.8 Å². The number of rotatable bonds is 8. The standard InChI is InChI=1S/C22H31N5O2S/c1-28-22-7-4-18(15-25-22)13-23-14-19-3-2-8-27(17-19)30-20-5-6-21(24-16-20)26-9-11-29-12-10-26/h4-7,15-16,19,23H,2-3,8-14,17H2,1H3/t19-/m1/s1. The number of piperidine rings is 1. The number of hydrogen-bond acceptors (Lipinski definition) is 8. The van der Waals surface area contributed by atoms with E-state index >= 15 is 0 Å². The van der Waals surface area contributed by atoms with Crippen LogP contribution >= 0.6 is 11.9 Å². The molecular weight excluding hydrogens is 398 g/mol. The van der Waals surface area contributed by atoms with Crippen molar-refractivity contribution in [1.82, 2.24) is 19.6 Å². The van der Waals surface area contributed by atoms with E-state index in [0.29, 0.717) is 11.8 Å². The Kier molecular flexibility index (Phi) is 7.80. The first-order valence-corrected chi connectivity index (χ1v) is 11.5. The van der Waals surface area contributed by atoms with Gasteiger partial charge in [0.05, 0.1) is 20.3 Å². The molecule has 2 fully saturated rings. The van der Waals surface area contributed by atoms with Gasteiger partial charge in [-0.2, -0.15) is 0 Å². The van der Waals surface area contributed by atoms with E-state index in [-0.39, 0.29) is 0 Å². The lowest BCUT2D eigenvalue weighted by atomic mass is 10.00. The molecule has 0 spiro atoms. The monoisotopic (exact) mass is 429 g/mol. The molecule has 2 saturated heterocycles. The van der Waals surface area contributed by atoms with Crippen LogP contribution in [0, 0.1) is 5.92 Å². The Bertz CT molecular complexity index is 768. The molecule has 0 unspecified atom stereocenters. The largest absolute Gasteiger partial charge is 0.481 e. The van der Waals surface area contributed by atoms with Gasteiger partial charge >= 0.3 is 0 Å². The van der Waals surface area contributed by atoms with E-state index in [1.54, 1.807) is 7.11 Å². The van der Waals surface area contributed by atoms with E-state index in [9.17, 15) is 0 Å². The van der Waals surface area contributed by atoms with Crippen LogP contribution in [0.4, 0.5) is 5.82 Å². The summed E-state index contributed by atoms with van der Waals surface area (Å²) < 4.78 is 13.0. The molecule has 0 aliphatic carbocycles. The van der Waals surface area contributed by atoms with Crippen molar-refractivity contribution in [2.24, 2.45) is 5.92 Å². The quantitative estimate of drug-likeness (QED) is 0.643. The lowest BCUT2D eigenvalue weighted by Gasteiger charge is -2.32. The zero-order valence-electron chi connectivity index (χ0n) is 17.6. The summed E-state index contributed by atoms with van der Waals surface area (Å²) in [6.07, 6.45) is 6.40. The molecule has 4 rings (SSSR count). The number of nitrogens with one attached hydrogen (secondary N) is 1. The van der Waals surface area contributed by atoms with Gasteiger partial charge in [-0.3, -0.25) is 0 Å². The van der Waals surface area contributed by atoms with Gasteiger partial charge in [-0.25, -0.2) is 14.3 Å². The van der Waals surface area contributed by atoms with E-state index in [4.69, 9.17) is 9.47 Å². The van der Waals surface area contributed by atoms with Crippen LogP contribution in [-0.4, -0.2) is 67.3 Å². The molecule has 162 valence electrons. The summed E-state index contributed by atoms with van der Waals surface area (Å²) in [7, 11) is 1.64. The number of ether oxygens (including phenoxy) is 2. The normalized spacial score (nSPS) is 20.3. The molecule has 1 N–H and O–H groups in total. The van der Waals surface area contributed by atoms with Crippen LogP contribution in [0.3, 0.4) is 0 Å². The van der Waals surface area contributed by atoms with Crippen LogP contribution in [0.5, 0.6) is 5.88 Å². The average Bonchev–Trinajstić information content (AvgIpc) is 2.81. The third-order valence-corrected chi connectivity index (χ3v) is 6.58. The van der Waals surface area contributed by atoms with Crippen molar-refractivity contribution < 1.29 is 9.47 Å². The maximum absolute atomic E-state index is 5.42. The zero-order chi connectivity index (χ0) is 20.6. The Balaban J connectivity index is 1.21. The summed E-state index contributed by atoms with van der Waals surface area (Å²) in [5, 5.41) is 3.59. The smallest absolute Gasteiger partial charge is 0.212 e. The summed E-state index contributed by atoms with van der Waals surface area (Å²) in [5.74, 6) is 2.38. The van der Waals surface area contributed by atoms with Gasteiger partial charge in [-0.15, -0.1) is 0 Å². The van der Waals surface area contributed by atoms with Gasteiger partial charge in [0.2, 0.25) is 5.88 Å². The van der Waals surface area contributed by atoms with Crippen LogP contribution < -0.4 is 15.0 Å². The van der Waals surface area contributed by atoms with Crippen LogP contribution in [0.2, 0.25) is 0 Å². The lowest BCUT2D eigenvalue weighted by molar-refractivity contribution is 0.122. The molecule has 0 radical (unpaired) electrons. The first-order valence-electron chi connectivity index (χ1n) is 10.7. The first-order chi connectivity index (χ1) is 14.8. The maximum atomic E-state index is 5.42. The van der Waals surface area contributed by atoms with E-state index in [1.165, 1.54) is 23.3 Å². The Morgan fingerprint density at radius 1 is 1.13 bits per heavy atom. The Labute approximate surface area is 183 Å². The fraction of sp³-hybridized carbons (Fsp3) is 0.545. The number of hydrogen-bond donors (Lipinski definition) is 1. The molecule has 1 atom stereocenters. The Morgan fingerprint density at radius 2 is 2.03 bits per heavy atom. The number of morpholine rings is 1. The number of aromatic nitrogens is 2. The molecule has 30 heavy (non-hydrogen) atoms. The molecule has 0 aromatic carbocycles. The van der Waals surface area contributed by atoms with Gasteiger partial charge < -0.3 is 19.7 Å². The summed E-state index contributed by atoms with van der Waals surface area (Å²) >= 11 is 1.83. The third kappa shape index (κ3) is 6.07. The highest BCUT2D eigenvalue weighted by atomic mass is 32.2. The average molecular weight is 430 g/mol. The second-order valence-electron chi connectivity index (χ2n) is 7.78. The first kappa shape index (κ1) is 21.4. The molecular formula is C22H31N5O2S. The predicted octanol–water partition coefficient (Wildman–Crippen LogP) is 2.83. The van der Waals surface area contributed by atoms with Gasteiger partial charge in [-0.1, -0.05) is 6.07 Å². The van der Waals surface area contributed by atoms with Gasteiger partial charge in [-0.05, 0) is 54.9 Å². The molecule has 2 aliphatic rings. The fourth-order valence-electron chi connectivity index (χ4n) is 3.89. The van der Waals surface area contributed by atoms with Gasteiger partial charge in [0.15, 0.2) is 0 Å². The molecule has 8 heteroatoms. The fourth-order valence-corrected chi connectivity index (χ4v) is 4.92. The lowest BCUT2D eigenvalue weighted by Crippen LogP contribution is -2.36. The Hall–Kier alpha value is -1.87. The van der Waals surface area contributed by atoms with Crippen molar-refractivity contribution in [3.05, 3.63) is 42.2 Å². The molecule has 0 amide bonds. The highest BCUT2D eigenvalue weighted by molar-refractivity contribution is 7.97. The summed E-state index contributed by atoms with van der Waals surface area (Å²) in [4.78, 5) is 12.5. The minimum Gasteiger partial charge on any atom is -0.481 e. The SMILES string of the molecule is COc1ccc(CNC[C@H]2CCCN(Sc3ccc(N4CCOCC4)nc3)C2)cn1.